The number of carbonyl (C=O) groups excluding carboxylic acids is 2. The van der Waals surface area contributed by atoms with Crippen LogP contribution in [0.1, 0.15) is 25.0 Å². The summed E-state index contributed by atoms with van der Waals surface area (Å²) < 4.78 is 40.4. The lowest BCUT2D eigenvalue weighted by Crippen LogP contribution is -2.14. The molecule has 4 rings (SSSR count). The number of benzene rings is 4. The zero-order valence-electron chi connectivity index (χ0n) is 27.9. The summed E-state index contributed by atoms with van der Waals surface area (Å²) in [6.45, 7) is 5.64. The molecule has 52 heavy (non-hydrogen) atoms. The lowest BCUT2D eigenvalue weighted by molar-refractivity contribution is -0.432. The van der Waals surface area contributed by atoms with Gasteiger partial charge in [-0.1, -0.05) is 41.4 Å². The Morgan fingerprint density at radius 1 is 0.712 bits per heavy atom. The molecule has 0 radical (unpaired) electrons. The minimum atomic E-state index is -4.95. The Kier molecular flexibility index (Phi) is 13.1. The van der Waals surface area contributed by atoms with Crippen LogP contribution in [0.25, 0.3) is 11.1 Å². The topological polar surface area (TPSA) is 241 Å². The molecule has 18 heteroatoms. The van der Waals surface area contributed by atoms with Gasteiger partial charge in [-0.25, -0.2) is 5.26 Å². The smallest absolute Gasteiger partial charge is 0.295 e. The number of azo groups is 2. The number of nitrogens with one attached hydrogen (secondary N) is 2. The van der Waals surface area contributed by atoms with E-state index < -0.39 is 49.7 Å². The SMILES string of the molecule is C/C(O)=C(/N=Nc1cc(SOOO)c(-c2cc(C)c(N=N/C(C(=O)Nc3ccccc3)=C(/C)O)cc2S(=O)(=O)O)cc1C)C(=O)Nc1ccccc1. The summed E-state index contributed by atoms with van der Waals surface area (Å²) in [5.41, 5.74) is 0.950. The highest BCUT2D eigenvalue weighted by Crippen LogP contribution is 2.42. The zero-order chi connectivity index (χ0) is 38.0. The third-order valence-corrected chi connectivity index (χ3v) is 8.55. The van der Waals surface area contributed by atoms with E-state index in [0.29, 0.717) is 34.5 Å². The average molecular weight is 749 g/mol. The zero-order valence-corrected chi connectivity index (χ0v) is 29.6. The van der Waals surface area contributed by atoms with Gasteiger partial charge in [-0.3, -0.25) is 14.1 Å². The Balaban J connectivity index is 1.75. The number of allylic oxidation sites excluding steroid dienone is 2. The van der Waals surface area contributed by atoms with Crippen LogP contribution < -0.4 is 10.6 Å². The summed E-state index contributed by atoms with van der Waals surface area (Å²) in [4.78, 5) is 25.1. The standard InChI is InChI=1S/C34H32N6O10S2/c1-19-15-25(29(51-50-49-45)17-27(19)37-39-31(21(3)41)33(43)35-23-11-7-5-8-12-23)26-16-20(2)28(18-30(26)52(46,47)48)38-40-32(22(4)42)34(44)36-24-13-9-6-10-14-24/h5-18,41-42,45H,1-4H3,(H,35,43)(H,36,44)(H,46,47,48)/b31-21-,32-22-,39-37?,40-38?. The Morgan fingerprint density at radius 3 is 1.58 bits per heavy atom. The average Bonchev–Trinajstić information content (AvgIpc) is 3.08. The van der Waals surface area contributed by atoms with Gasteiger partial charge < -0.3 is 20.8 Å². The molecule has 0 bridgehead atoms. The number of anilines is 2. The fourth-order valence-electron chi connectivity index (χ4n) is 4.52. The van der Waals surface area contributed by atoms with E-state index in [1.807, 2.05) is 0 Å². The van der Waals surface area contributed by atoms with E-state index in [2.05, 4.69) is 40.5 Å². The van der Waals surface area contributed by atoms with Crippen molar-refractivity contribution in [2.45, 2.75) is 37.5 Å². The molecule has 0 aliphatic rings. The van der Waals surface area contributed by atoms with Crippen molar-refractivity contribution in [1.82, 2.24) is 0 Å². The predicted molar refractivity (Wildman–Crippen MR) is 192 cm³/mol. The van der Waals surface area contributed by atoms with E-state index in [9.17, 15) is 32.8 Å². The molecular weight excluding hydrogens is 717 g/mol. The number of aliphatic hydroxyl groups excluding tert-OH is 2. The molecule has 16 nitrogen and oxygen atoms in total. The second kappa shape index (κ2) is 17.4. The van der Waals surface area contributed by atoms with E-state index in [-0.39, 0.29) is 27.4 Å². The van der Waals surface area contributed by atoms with Gasteiger partial charge in [0.1, 0.15) is 16.4 Å². The van der Waals surface area contributed by atoms with Crippen LogP contribution in [0.2, 0.25) is 0 Å². The molecule has 270 valence electrons. The maximum Gasteiger partial charge on any atom is 0.295 e. The van der Waals surface area contributed by atoms with Gasteiger partial charge in [0, 0.05) is 21.8 Å². The van der Waals surface area contributed by atoms with Crippen LogP contribution in [0.3, 0.4) is 0 Å². The third kappa shape index (κ3) is 10.2. The van der Waals surface area contributed by atoms with Crippen LogP contribution in [0, 0.1) is 13.8 Å². The van der Waals surface area contributed by atoms with Crippen molar-refractivity contribution in [2.75, 3.05) is 10.6 Å². The van der Waals surface area contributed by atoms with Gasteiger partial charge in [-0.15, -0.1) is 24.8 Å². The largest absolute Gasteiger partial charge is 0.510 e. The van der Waals surface area contributed by atoms with Gasteiger partial charge in [0.15, 0.2) is 11.4 Å². The summed E-state index contributed by atoms with van der Waals surface area (Å²) in [5, 5.41) is 54.1. The van der Waals surface area contributed by atoms with Crippen LogP contribution in [0.4, 0.5) is 22.7 Å². The first-order valence-corrected chi connectivity index (χ1v) is 17.2. The highest BCUT2D eigenvalue weighted by Gasteiger charge is 2.24. The number of amides is 2. The van der Waals surface area contributed by atoms with Crippen molar-refractivity contribution in [3.8, 4) is 11.1 Å². The van der Waals surface area contributed by atoms with E-state index in [1.54, 1.807) is 74.5 Å². The molecule has 4 aromatic rings. The molecule has 0 aliphatic heterocycles. The highest BCUT2D eigenvalue weighted by atomic mass is 32.2. The Hall–Kier alpha value is -5.76. The Labute approximate surface area is 302 Å². The lowest BCUT2D eigenvalue weighted by atomic mass is 9.99. The van der Waals surface area contributed by atoms with Gasteiger partial charge in [0.05, 0.1) is 23.4 Å². The molecule has 4 aromatic carbocycles. The number of hydrogen-bond donors (Lipinski definition) is 6. The molecule has 0 atom stereocenters. The summed E-state index contributed by atoms with van der Waals surface area (Å²) >= 11 is 0.453. The fourth-order valence-corrected chi connectivity index (χ4v) is 5.75. The van der Waals surface area contributed by atoms with E-state index in [0.717, 1.165) is 6.07 Å². The van der Waals surface area contributed by atoms with E-state index in [1.165, 1.54) is 32.0 Å². The van der Waals surface area contributed by atoms with Crippen molar-refractivity contribution in [1.29, 1.82) is 0 Å². The van der Waals surface area contributed by atoms with Crippen LogP contribution >= 0.6 is 12.0 Å². The van der Waals surface area contributed by atoms with Crippen molar-refractivity contribution < 1.29 is 47.4 Å². The maximum atomic E-state index is 12.8. The number of rotatable bonds is 13. The molecular formula is C34H32N6O10S2. The maximum absolute atomic E-state index is 12.8. The molecule has 2 amide bonds. The molecule has 6 N–H and O–H groups in total. The highest BCUT2D eigenvalue weighted by molar-refractivity contribution is 7.94. The van der Waals surface area contributed by atoms with Crippen LogP contribution in [0.15, 0.2) is 138 Å². The summed E-state index contributed by atoms with van der Waals surface area (Å²) in [5.74, 6) is -2.41. The Morgan fingerprint density at radius 2 is 1.15 bits per heavy atom. The number of nitrogens with zero attached hydrogens (tertiary/aromatic N) is 4. The normalized spacial score (nSPS) is 12.8. The number of para-hydroxylation sites is 2. The minimum Gasteiger partial charge on any atom is -0.510 e. The predicted octanol–water partition coefficient (Wildman–Crippen LogP) is 8.67. The van der Waals surface area contributed by atoms with Crippen molar-refractivity contribution in [2.24, 2.45) is 20.5 Å². The van der Waals surface area contributed by atoms with Crippen LogP contribution in [-0.2, 0) is 29.1 Å². The monoisotopic (exact) mass is 748 g/mol. The molecule has 0 spiro atoms. The molecule has 0 unspecified atom stereocenters. The third-order valence-electron chi connectivity index (χ3n) is 7.01. The molecule has 0 aliphatic carbocycles. The van der Waals surface area contributed by atoms with Gasteiger partial charge in [-0.2, -0.15) is 8.42 Å². The Bertz CT molecular complexity index is 2200. The second-order valence-corrected chi connectivity index (χ2v) is 13.0. The van der Waals surface area contributed by atoms with Crippen LogP contribution in [0.5, 0.6) is 0 Å². The van der Waals surface area contributed by atoms with E-state index >= 15 is 0 Å². The van der Waals surface area contributed by atoms with E-state index in [4.69, 9.17) is 5.26 Å². The first-order valence-electron chi connectivity index (χ1n) is 15.0. The number of aryl methyl sites for hydroxylation is 2. The van der Waals surface area contributed by atoms with Crippen molar-refractivity contribution >= 4 is 56.7 Å². The van der Waals surface area contributed by atoms with Gasteiger partial charge >= 0.3 is 0 Å². The quantitative estimate of drug-likeness (QED) is 0.0144. The number of hydrogen-bond acceptors (Lipinski definition) is 14. The van der Waals surface area contributed by atoms with Gasteiger partial charge in [-0.05, 0) is 92.9 Å². The summed E-state index contributed by atoms with van der Waals surface area (Å²) in [6.07, 6.45) is 0. The second-order valence-electron chi connectivity index (χ2n) is 10.9. The summed E-state index contributed by atoms with van der Waals surface area (Å²) in [6, 6.07) is 22.1. The first kappa shape index (κ1) is 39.0. The van der Waals surface area contributed by atoms with Gasteiger partial charge in [0.25, 0.3) is 21.9 Å². The van der Waals surface area contributed by atoms with Crippen molar-refractivity contribution in [3.05, 3.63) is 119 Å². The number of aliphatic hydroxyl groups is 2. The van der Waals surface area contributed by atoms with Crippen LogP contribution in [-0.4, -0.2) is 40.3 Å². The van der Waals surface area contributed by atoms with Crippen molar-refractivity contribution in [3.63, 3.8) is 0 Å². The van der Waals surface area contributed by atoms with Gasteiger partial charge in [0.2, 0.25) is 0 Å². The lowest BCUT2D eigenvalue weighted by Gasteiger charge is -2.15. The molecule has 0 heterocycles. The number of carbonyl (C=O) groups is 2. The summed E-state index contributed by atoms with van der Waals surface area (Å²) in [7, 11) is -4.95. The molecule has 0 fully saturated rings. The first-order chi connectivity index (χ1) is 24.7. The molecule has 0 aromatic heterocycles. The fraction of sp³-hybridized carbons (Fsp3) is 0.118. The molecule has 0 saturated carbocycles. The minimum absolute atomic E-state index is 0.0421. The molecule has 0 saturated heterocycles.